The number of carbonyl (C=O) groups excluding carboxylic acids is 1. The second-order valence-corrected chi connectivity index (χ2v) is 5.14. The Labute approximate surface area is 127 Å². The molecule has 1 amide bonds. The fraction of sp³-hybridized carbons (Fsp3) is 0.500. The van der Waals surface area contributed by atoms with E-state index in [4.69, 9.17) is 4.74 Å². The summed E-state index contributed by atoms with van der Waals surface area (Å²) in [6.45, 7) is 1.52. The van der Waals surface area contributed by atoms with Crippen LogP contribution in [0.15, 0.2) is 18.2 Å². The average molecular weight is 311 g/mol. The van der Waals surface area contributed by atoms with Gasteiger partial charge in [0, 0.05) is 25.2 Å². The van der Waals surface area contributed by atoms with Gasteiger partial charge in [-0.3, -0.25) is 14.9 Å². The van der Waals surface area contributed by atoms with Crippen LogP contribution in [-0.4, -0.2) is 48.5 Å². The lowest BCUT2D eigenvalue weighted by Crippen LogP contribution is -2.45. The zero-order valence-electron chi connectivity index (χ0n) is 12.3. The number of nitro groups is 1. The number of ether oxygens (including phenoxy) is 1. The number of nitro benzene ring substituents is 1. The molecule has 1 heterocycles. The summed E-state index contributed by atoms with van der Waals surface area (Å²) in [5.41, 5.74) is -0.620. The first kappa shape index (κ1) is 16.2. The van der Waals surface area contributed by atoms with Gasteiger partial charge in [0.25, 0.3) is 5.91 Å². The van der Waals surface area contributed by atoms with E-state index in [0.717, 1.165) is 38.1 Å². The third-order valence-electron chi connectivity index (χ3n) is 3.73. The van der Waals surface area contributed by atoms with Gasteiger partial charge in [0.1, 0.15) is 5.75 Å². The molecule has 22 heavy (non-hydrogen) atoms. The molecule has 1 aliphatic rings. The molecule has 0 spiro atoms. The maximum absolute atomic E-state index is 13.5. The van der Waals surface area contributed by atoms with Gasteiger partial charge in [-0.05, 0) is 32.0 Å². The molecule has 0 aliphatic carbocycles. The lowest BCUT2D eigenvalue weighted by atomic mass is 10.1. The van der Waals surface area contributed by atoms with Gasteiger partial charge in [0.15, 0.2) is 6.61 Å². The van der Waals surface area contributed by atoms with Gasteiger partial charge in [-0.2, -0.15) is 4.39 Å². The molecule has 0 unspecified atom stereocenters. The molecule has 120 valence electrons. The Hall–Kier alpha value is -2.22. The molecular formula is C14H18FN3O4. The number of nitrogens with one attached hydrogen (secondary N) is 1. The Morgan fingerprint density at radius 3 is 2.77 bits per heavy atom. The molecule has 7 nitrogen and oxygen atoms in total. The van der Waals surface area contributed by atoms with Crippen LogP contribution in [-0.2, 0) is 4.79 Å². The molecule has 2 rings (SSSR count). The van der Waals surface area contributed by atoms with Crippen LogP contribution in [0.5, 0.6) is 5.75 Å². The van der Waals surface area contributed by atoms with E-state index in [1.807, 2.05) is 0 Å². The number of carbonyl (C=O) groups is 1. The topological polar surface area (TPSA) is 84.7 Å². The van der Waals surface area contributed by atoms with E-state index in [1.165, 1.54) is 6.07 Å². The summed E-state index contributed by atoms with van der Waals surface area (Å²) in [6, 6.07) is 3.38. The van der Waals surface area contributed by atoms with Gasteiger partial charge in [0.05, 0.1) is 4.92 Å². The van der Waals surface area contributed by atoms with E-state index in [-0.39, 0.29) is 24.3 Å². The van der Waals surface area contributed by atoms with Crippen molar-refractivity contribution in [2.75, 3.05) is 26.7 Å². The van der Waals surface area contributed by atoms with Crippen LogP contribution < -0.4 is 10.1 Å². The predicted octanol–water partition coefficient (Wildman–Crippen LogP) is 1.32. The first-order valence-electron chi connectivity index (χ1n) is 7.02. The number of hydrogen-bond acceptors (Lipinski definition) is 5. The highest BCUT2D eigenvalue weighted by molar-refractivity contribution is 5.77. The zero-order chi connectivity index (χ0) is 16.1. The minimum absolute atomic E-state index is 0.0927. The second kappa shape index (κ2) is 7.17. The van der Waals surface area contributed by atoms with Crippen molar-refractivity contribution in [2.45, 2.75) is 18.9 Å². The van der Waals surface area contributed by atoms with E-state index >= 15 is 0 Å². The monoisotopic (exact) mass is 311 g/mol. The first-order chi connectivity index (χ1) is 10.5. The number of nitrogens with zero attached hydrogens (tertiary/aromatic N) is 2. The number of amides is 1. The number of benzene rings is 1. The molecule has 0 saturated carbocycles. The predicted molar refractivity (Wildman–Crippen MR) is 77.2 cm³/mol. The minimum Gasteiger partial charge on any atom is -0.484 e. The largest absolute Gasteiger partial charge is 0.484 e. The summed E-state index contributed by atoms with van der Waals surface area (Å²) in [7, 11) is 1.72. The SMILES string of the molecule is CN(C(=O)COc1ccc([N+](=O)[O-])c(F)c1)C1CCNCC1. The average Bonchev–Trinajstić information content (AvgIpc) is 2.52. The van der Waals surface area contributed by atoms with Crippen molar-refractivity contribution in [3.05, 3.63) is 34.1 Å². The van der Waals surface area contributed by atoms with Crippen molar-refractivity contribution >= 4 is 11.6 Å². The molecule has 0 radical (unpaired) electrons. The van der Waals surface area contributed by atoms with Crippen molar-refractivity contribution in [1.82, 2.24) is 10.2 Å². The van der Waals surface area contributed by atoms with Gasteiger partial charge in [-0.15, -0.1) is 0 Å². The van der Waals surface area contributed by atoms with Crippen molar-refractivity contribution in [3.63, 3.8) is 0 Å². The Bertz CT molecular complexity index is 561. The summed E-state index contributed by atoms with van der Waals surface area (Å²) in [6.07, 6.45) is 1.77. The van der Waals surface area contributed by atoms with Crippen LogP contribution in [0, 0.1) is 15.9 Å². The Morgan fingerprint density at radius 2 is 2.18 bits per heavy atom. The molecule has 1 saturated heterocycles. The number of piperidine rings is 1. The minimum atomic E-state index is -0.985. The molecule has 1 fully saturated rings. The molecule has 0 bridgehead atoms. The van der Waals surface area contributed by atoms with Gasteiger partial charge < -0.3 is 15.0 Å². The molecule has 1 aliphatic heterocycles. The number of likely N-dealkylation sites (N-methyl/N-ethyl adjacent to an activating group) is 1. The summed E-state index contributed by atoms with van der Waals surface area (Å²) in [5, 5.41) is 13.7. The van der Waals surface area contributed by atoms with E-state index in [2.05, 4.69) is 5.32 Å². The van der Waals surface area contributed by atoms with E-state index < -0.39 is 16.4 Å². The van der Waals surface area contributed by atoms with E-state index in [9.17, 15) is 19.3 Å². The summed E-state index contributed by atoms with van der Waals surface area (Å²) >= 11 is 0. The summed E-state index contributed by atoms with van der Waals surface area (Å²) in [5.74, 6) is -1.09. The van der Waals surface area contributed by atoms with Gasteiger partial charge in [0.2, 0.25) is 5.82 Å². The lowest BCUT2D eigenvalue weighted by molar-refractivity contribution is -0.387. The highest BCUT2D eigenvalue weighted by Crippen LogP contribution is 2.22. The molecule has 1 aromatic carbocycles. The normalized spacial score (nSPS) is 15.4. The number of rotatable bonds is 5. The Balaban J connectivity index is 1.90. The molecular weight excluding hydrogens is 293 g/mol. The lowest BCUT2D eigenvalue weighted by Gasteiger charge is -2.31. The summed E-state index contributed by atoms with van der Waals surface area (Å²) in [4.78, 5) is 23.4. The van der Waals surface area contributed by atoms with Crippen LogP contribution in [0.25, 0.3) is 0 Å². The molecule has 0 aromatic heterocycles. The van der Waals surface area contributed by atoms with Gasteiger partial charge >= 0.3 is 5.69 Å². The van der Waals surface area contributed by atoms with Crippen LogP contribution in [0.1, 0.15) is 12.8 Å². The standard InChI is InChI=1S/C14H18FN3O4/c1-17(10-4-6-16-7-5-10)14(19)9-22-11-2-3-13(18(20)21)12(15)8-11/h2-3,8,10,16H,4-7,9H2,1H3. The van der Waals surface area contributed by atoms with Crippen molar-refractivity contribution in [1.29, 1.82) is 0 Å². The number of hydrogen-bond donors (Lipinski definition) is 1. The summed E-state index contributed by atoms with van der Waals surface area (Å²) < 4.78 is 18.7. The van der Waals surface area contributed by atoms with Crippen molar-refractivity contribution in [2.24, 2.45) is 0 Å². The fourth-order valence-corrected chi connectivity index (χ4v) is 2.37. The van der Waals surface area contributed by atoms with E-state index in [1.54, 1.807) is 11.9 Å². The quantitative estimate of drug-likeness (QED) is 0.655. The Kier molecular flexibility index (Phi) is 5.26. The van der Waals surface area contributed by atoms with Crippen molar-refractivity contribution in [3.8, 4) is 5.75 Å². The zero-order valence-corrected chi connectivity index (χ0v) is 12.3. The molecule has 8 heteroatoms. The van der Waals surface area contributed by atoms with Crippen LogP contribution in [0.2, 0.25) is 0 Å². The van der Waals surface area contributed by atoms with Crippen molar-refractivity contribution < 1.29 is 18.8 Å². The molecule has 1 aromatic rings. The van der Waals surface area contributed by atoms with Crippen LogP contribution in [0.4, 0.5) is 10.1 Å². The van der Waals surface area contributed by atoms with Crippen LogP contribution in [0.3, 0.4) is 0 Å². The van der Waals surface area contributed by atoms with Crippen LogP contribution >= 0.6 is 0 Å². The third-order valence-corrected chi connectivity index (χ3v) is 3.73. The maximum atomic E-state index is 13.5. The second-order valence-electron chi connectivity index (χ2n) is 5.14. The molecule has 1 N–H and O–H groups in total. The highest BCUT2D eigenvalue weighted by atomic mass is 19.1. The first-order valence-corrected chi connectivity index (χ1v) is 7.02. The van der Waals surface area contributed by atoms with Gasteiger partial charge in [-0.25, -0.2) is 0 Å². The maximum Gasteiger partial charge on any atom is 0.305 e. The van der Waals surface area contributed by atoms with Gasteiger partial charge in [-0.1, -0.05) is 0 Å². The molecule has 0 atom stereocenters. The Morgan fingerprint density at radius 1 is 1.50 bits per heavy atom. The fourth-order valence-electron chi connectivity index (χ4n) is 2.37. The van der Waals surface area contributed by atoms with E-state index in [0.29, 0.717) is 0 Å². The smallest absolute Gasteiger partial charge is 0.305 e. The highest BCUT2D eigenvalue weighted by Gasteiger charge is 2.22. The number of halogens is 1. The third kappa shape index (κ3) is 3.91.